The number of hydrogen-bond acceptors (Lipinski definition) is 7. The van der Waals surface area contributed by atoms with E-state index in [1.807, 2.05) is 4.90 Å². The fourth-order valence-electron chi connectivity index (χ4n) is 4.59. The first-order chi connectivity index (χ1) is 13.5. The first-order valence-corrected chi connectivity index (χ1v) is 10.7. The molecule has 0 aromatic rings. The van der Waals surface area contributed by atoms with Gasteiger partial charge in [-0.3, -0.25) is 14.6 Å². The van der Waals surface area contributed by atoms with Crippen molar-refractivity contribution in [1.82, 2.24) is 19.6 Å². The Labute approximate surface area is 168 Å². The van der Waals surface area contributed by atoms with E-state index < -0.39 is 0 Å². The lowest BCUT2D eigenvalue weighted by Gasteiger charge is -2.37. The number of ether oxygens (including phenoxy) is 2. The normalized spacial score (nSPS) is 28.5. The van der Waals surface area contributed by atoms with Crippen molar-refractivity contribution in [3.05, 3.63) is 0 Å². The van der Waals surface area contributed by atoms with Crippen LogP contribution in [-0.4, -0.2) is 110 Å². The molecule has 160 valence electrons. The first kappa shape index (κ1) is 21.3. The first-order valence-electron chi connectivity index (χ1n) is 10.7. The fourth-order valence-corrected chi connectivity index (χ4v) is 4.59. The minimum atomic E-state index is -0.204. The zero-order valence-electron chi connectivity index (χ0n) is 17.6. The lowest BCUT2D eigenvalue weighted by Crippen LogP contribution is -2.54. The van der Waals surface area contributed by atoms with Crippen LogP contribution in [0.15, 0.2) is 0 Å². The van der Waals surface area contributed by atoms with Crippen LogP contribution in [-0.2, 0) is 14.3 Å². The van der Waals surface area contributed by atoms with E-state index in [9.17, 15) is 9.59 Å². The fraction of sp³-hybridized carbons (Fsp3) is 0.900. The number of piperazine rings is 1. The molecule has 3 aliphatic rings. The van der Waals surface area contributed by atoms with Crippen molar-refractivity contribution in [3.8, 4) is 0 Å². The summed E-state index contributed by atoms with van der Waals surface area (Å²) in [5.41, 5.74) is 0. The molecule has 0 aromatic carbocycles. The standard InChI is InChI=1S/C20H36N4O4/c1-16-19(23-13-11-22(12-14-23)15-18(25)27-3)28-20(26)24(16)8-4-5-17-6-9-21(2)10-7-17/h16-17,19H,4-15H2,1-3H3. The van der Waals surface area contributed by atoms with Crippen LogP contribution in [0.25, 0.3) is 0 Å². The summed E-state index contributed by atoms with van der Waals surface area (Å²) in [5, 5.41) is 0. The summed E-state index contributed by atoms with van der Waals surface area (Å²) in [6, 6.07) is 0.0668. The van der Waals surface area contributed by atoms with E-state index in [4.69, 9.17) is 9.47 Å². The van der Waals surface area contributed by atoms with Crippen molar-refractivity contribution < 1.29 is 19.1 Å². The summed E-state index contributed by atoms with van der Waals surface area (Å²) in [6.45, 7) is 8.74. The topological polar surface area (TPSA) is 65.6 Å². The quantitative estimate of drug-likeness (QED) is 0.596. The lowest BCUT2D eigenvalue weighted by atomic mass is 9.92. The van der Waals surface area contributed by atoms with Crippen LogP contribution in [0.4, 0.5) is 4.79 Å². The van der Waals surface area contributed by atoms with E-state index in [1.54, 1.807) is 0 Å². The Kier molecular flexibility index (Phi) is 7.54. The third kappa shape index (κ3) is 5.36. The average molecular weight is 397 g/mol. The Morgan fingerprint density at radius 2 is 1.82 bits per heavy atom. The van der Waals surface area contributed by atoms with Gasteiger partial charge in [-0.05, 0) is 58.7 Å². The summed E-state index contributed by atoms with van der Waals surface area (Å²) in [6.07, 6.45) is 4.42. The molecule has 8 heteroatoms. The molecule has 3 heterocycles. The van der Waals surface area contributed by atoms with Gasteiger partial charge in [0, 0.05) is 32.7 Å². The molecule has 2 atom stereocenters. The van der Waals surface area contributed by atoms with Gasteiger partial charge < -0.3 is 19.3 Å². The van der Waals surface area contributed by atoms with Crippen molar-refractivity contribution >= 4 is 12.1 Å². The Hall–Kier alpha value is -1.38. The molecular formula is C20H36N4O4. The van der Waals surface area contributed by atoms with Gasteiger partial charge in [-0.25, -0.2) is 4.79 Å². The highest BCUT2D eigenvalue weighted by atomic mass is 16.6. The van der Waals surface area contributed by atoms with Crippen LogP contribution < -0.4 is 0 Å². The average Bonchev–Trinajstić information content (AvgIpc) is 2.98. The predicted molar refractivity (Wildman–Crippen MR) is 106 cm³/mol. The Balaban J connectivity index is 1.41. The number of hydrogen-bond donors (Lipinski definition) is 0. The van der Waals surface area contributed by atoms with Crippen LogP contribution in [0, 0.1) is 5.92 Å². The second kappa shape index (κ2) is 9.89. The Morgan fingerprint density at radius 3 is 2.46 bits per heavy atom. The highest BCUT2D eigenvalue weighted by molar-refractivity contribution is 5.71. The molecule has 0 bridgehead atoms. The van der Waals surface area contributed by atoms with Crippen LogP contribution >= 0.6 is 0 Å². The number of methoxy groups -OCH3 is 1. The Bertz CT molecular complexity index is 530. The molecule has 3 aliphatic heterocycles. The highest BCUT2D eigenvalue weighted by Gasteiger charge is 2.42. The zero-order chi connectivity index (χ0) is 20.1. The maximum atomic E-state index is 12.4. The Morgan fingerprint density at radius 1 is 1.14 bits per heavy atom. The minimum Gasteiger partial charge on any atom is -0.468 e. The molecule has 28 heavy (non-hydrogen) atoms. The molecular weight excluding hydrogens is 360 g/mol. The van der Waals surface area contributed by atoms with Gasteiger partial charge in [0.05, 0.1) is 19.7 Å². The summed E-state index contributed by atoms with van der Waals surface area (Å²) in [7, 11) is 3.60. The number of amides is 1. The van der Waals surface area contributed by atoms with Gasteiger partial charge in [-0.1, -0.05) is 0 Å². The van der Waals surface area contributed by atoms with Gasteiger partial charge in [0.15, 0.2) is 6.23 Å². The molecule has 3 saturated heterocycles. The van der Waals surface area contributed by atoms with Crippen molar-refractivity contribution in [2.45, 2.75) is 44.9 Å². The van der Waals surface area contributed by atoms with Crippen LogP contribution in [0.2, 0.25) is 0 Å². The number of piperidine rings is 1. The van der Waals surface area contributed by atoms with Gasteiger partial charge in [0.1, 0.15) is 0 Å². The molecule has 2 unspecified atom stereocenters. The lowest BCUT2D eigenvalue weighted by molar-refractivity contribution is -0.142. The molecule has 8 nitrogen and oxygen atoms in total. The molecule has 1 amide bonds. The number of carbonyl (C=O) groups excluding carboxylic acids is 2. The smallest absolute Gasteiger partial charge is 0.411 e. The van der Waals surface area contributed by atoms with Crippen LogP contribution in [0.5, 0.6) is 0 Å². The second-order valence-electron chi connectivity index (χ2n) is 8.49. The van der Waals surface area contributed by atoms with Gasteiger partial charge in [0.25, 0.3) is 0 Å². The predicted octanol–water partition coefficient (Wildman–Crippen LogP) is 1.07. The van der Waals surface area contributed by atoms with Crippen LogP contribution in [0.1, 0.15) is 32.6 Å². The molecule has 3 rings (SSSR count). The van der Waals surface area contributed by atoms with E-state index in [1.165, 1.54) is 39.5 Å². The van der Waals surface area contributed by atoms with E-state index in [0.717, 1.165) is 45.1 Å². The number of nitrogens with zero attached hydrogens (tertiary/aromatic N) is 4. The molecule has 3 fully saturated rings. The zero-order valence-corrected chi connectivity index (χ0v) is 17.6. The summed E-state index contributed by atoms with van der Waals surface area (Å²) in [4.78, 5) is 32.5. The summed E-state index contributed by atoms with van der Waals surface area (Å²) < 4.78 is 10.5. The number of carbonyl (C=O) groups is 2. The van der Waals surface area contributed by atoms with Gasteiger partial charge in [-0.15, -0.1) is 0 Å². The number of esters is 1. The van der Waals surface area contributed by atoms with Crippen LogP contribution in [0.3, 0.4) is 0 Å². The number of rotatable bonds is 7. The van der Waals surface area contributed by atoms with E-state index in [2.05, 4.69) is 28.7 Å². The molecule has 0 aliphatic carbocycles. The van der Waals surface area contributed by atoms with E-state index in [-0.39, 0.29) is 24.3 Å². The largest absolute Gasteiger partial charge is 0.468 e. The molecule has 0 N–H and O–H groups in total. The molecule has 0 spiro atoms. The molecule has 0 saturated carbocycles. The van der Waals surface area contributed by atoms with Crippen molar-refractivity contribution in [1.29, 1.82) is 0 Å². The number of cyclic esters (lactones) is 1. The highest BCUT2D eigenvalue weighted by Crippen LogP contribution is 2.26. The van der Waals surface area contributed by atoms with Gasteiger partial charge in [-0.2, -0.15) is 0 Å². The number of likely N-dealkylation sites (tertiary alicyclic amines) is 1. The summed E-state index contributed by atoms with van der Waals surface area (Å²) in [5.74, 6) is 0.591. The summed E-state index contributed by atoms with van der Waals surface area (Å²) >= 11 is 0. The van der Waals surface area contributed by atoms with Crippen molar-refractivity contribution in [3.63, 3.8) is 0 Å². The monoisotopic (exact) mass is 396 g/mol. The maximum Gasteiger partial charge on any atom is 0.411 e. The van der Waals surface area contributed by atoms with Crippen molar-refractivity contribution in [2.24, 2.45) is 5.92 Å². The third-order valence-electron chi connectivity index (χ3n) is 6.56. The van der Waals surface area contributed by atoms with Gasteiger partial charge in [0.2, 0.25) is 0 Å². The second-order valence-corrected chi connectivity index (χ2v) is 8.49. The minimum absolute atomic E-state index is 0.0668. The molecule has 0 radical (unpaired) electrons. The van der Waals surface area contributed by atoms with Crippen molar-refractivity contribution in [2.75, 3.05) is 66.5 Å². The SMILES string of the molecule is COC(=O)CN1CCN(C2OC(=O)N(CCCC3CCN(C)CC3)C2C)CC1. The van der Waals surface area contributed by atoms with E-state index in [0.29, 0.717) is 6.54 Å². The molecule has 0 aromatic heterocycles. The van der Waals surface area contributed by atoms with E-state index >= 15 is 0 Å². The maximum absolute atomic E-state index is 12.4. The third-order valence-corrected chi connectivity index (χ3v) is 6.56. The van der Waals surface area contributed by atoms with Gasteiger partial charge >= 0.3 is 12.1 Å².